The van der Waals surface area contributed by atoms with Crippen molar-refractivity contribution in [3.63, 3.8) is 0 Å². The van der Waals surface area contributed by atoms with E-state index >= 15 is 0 Å². The van der Waals surface area contributed by atoms with Crippen LogP contribution in [0.3, 0.4) is 0 Å². The Hall–Kier alpha value is -2.64. The molecule has 1 aromatic carbocycles. The third-order valence-electron chi connectivity index (χ3n) is 2.59. The molecule has 2 amide bonds. The van der Waals surface area contributed by atoms with Crippen LogP contribution in [0.1, 0.15) is 5.56 Å². The average molecular weight is 296 g/mol. The second-order valence-electron chi connectivity index (χ2n) is 4.20. The minimum Gasteiger partial charge on any atom is -0.434 e. The van der Waals surface area contributed by atoms with Crippen molar-refractivity contribution in [2.75, 3.05) is 5.32 Å². The second kappa shape index (κ2) is 6.69. The van der Waals surface area contributed by atoms with Crippen molar-refractivity contribution < 1.29 is 18.3 Å². The van der Waals surface area contributed by atoms with Crippen molar-refractivity contribution in [2.24, 2.45) is 7.05 Å². The number of carbonyl (C=O) groups is 1. The lowest BCUT2D eigenvalue weighted by Crippen LogP contribution is -2.28. The number of para-hydroxylation sites is 1. The molecule has 0 aliphatic rings. The molecule has 0 spiro atoms. The van der Waals surface area contributed by atoms with Gasteiger partial charge >= 0.3 is 12.6 Å². The number of amides is 2. The van der Waals surface area contributed by atoms with Gasteiger partial charge in [-0.05, 0) is 6.07 Å². The molecule has 0 saturated heterocycles. The Morgan fingerprint density at radius 2 is 2.19 bits per heavy atom. The maximum absolute atomic E-state index is 12.3. The number of nitrogens with one attached hydrogen (secondary N) is 2. The van der Waals surface area contributed by atoms with Crippen LogP contribution in [0.25, 0.3) is 0 Å². The molecular formula is C13H14F2N4O2. The molecule has 1 heterocycles. The van der Waals surface area contributed by atoms with Gasteiger partial charge in [-0.15, -0.1) is 0 Å². The molecule has 0 fully saturated rings. The standard InChI is InChI=1S/C13H14F2N4O2/c1-19-8-10(7-17-19)18-13(20)16-6-9-4-2-3-5-11(9)21-12(14)15/h2-5,7-8,12H,6H2,1H3,(H2,16,18,20). The fourth-order valence-corrected chi connectivity index (χ4v) is 1.70. The number of ether oxygens (including phenoxy) is 1. The number of anilines is 1. The quantitative estimate of drug-likeness (QED) is 0.890. The summed E-state index contributed by atoms with van der Waals surface area (Å²) in [5.41, 5.74) is 0.992. The molecule has 8 heteroatoms. The van der Waals surface area contributed by atoms with E-state index in [2.05, 4.69) is 20.5 Å². The van der Waals surface area contributed by atoms with E-state index in [1.807, 2.05) is 0 Å². The summed E-state index contributed by atoms with van der Waals surface area (Å²) < 4.78 is 30.4. The zero-order chi connectivity index (χ0) is 15.2. The molecule has 0 aliphatic carbocycles. The molecule has 112 valence electrons. The lowest BCUT2D eigenvalue weighted by molar-refractivity contribution is -0.0504. The van der Waals surface area contributed by atoms with E-state index in [4.69, 9.17) is 0 Å². The number of rotatable bonds is 5. The Morgan fingerprint density at radius 3 is 2.86 bits per heavy atom. The van der Waals surface area contributed by atoms with Crippen molar-refractivity contribution in [3.8, 4) is 5.75 Å². The number of hydrogen-bond acceptors (Lipinski definition) is 3. The van der Waals surface area contributed by atoms with Gasteiger partial charge < -0.3 is 15.4 Å². The molecule has 1 aromatic heterocycles. The van der Waals surface area contributed by atoms with Crippen molar-refractivity contribution in [1.82, 2.24) is 15.1 Å². The molecule has 21 heavy (non-hydrogen) atoms. The summed E-state index contributed by atoms with van der Waals surface area (Å²) in [7, 11) is 1.72. The maximum atomic E-state index is 12.3. The van der Waals surface area contributed by atoms with Crippen molar-refractivity contribution in [3.05, 3.63) is 42.2 Å². The van der Waals surface area contributed by atoms with Crippen LogP contribution in [-0.4, -0.2) is 22.4 Å². The lowest BCUT2D eigenvalue weighted by atomic mass is 10.2. The van der Waals surface area contributed by atoms with Crippen LogP contribution >= 0.6 is 0 Å². The van der Waals surface area contributed by atoms with E-state index < -0.39 is 12.6 Å². The van der Waals surface area contributed by atoms with Gasteiger partial charge in [-0.3, -0.25) is 4.68 Å². The number of aromatic nitrogens is 2. The summed E-state index contributed by atoms with van der Waals surface area (Å²) in [5, 5.41) is 9.03. The van der Waals surface area contributed by atoms with Gasteiger partial charge in [-0.25, -0.2) is 4.79 Å². The van der Waals surface area contributed by atoms with Crippen molar-refractivity contribution in [2.45, 2.75) is 13.2 Å². The Morgan fingerprint density at radius 1 is 1.43 bits per heavy atom. The second-order valence-corrected chi connectivity index (χ2v) is 4.20. The van der Waals surface area contributed by atoms with E-state index in [9.17, 15) is 13.6 Å². The maximum Gasteiger partial charge on any atom is 0.387 e. The highest BCUT2D eigenvalue weighted by Gasteiger charge is 2.10. The molecule has 2 N–H and O–H groups in total. The molecule has 0 unspecified atom stereocenters. The average Bonchev–Trinajstić information content (AvgIpc) is 2.82. The Labute approximate surface area is 119 Å². The first kappa shape index (κ1) is 14.8. The minimum atomic E-state index is -2.91. The first-order valence-corrected chi connectivity index (χ1v) is 6.11. The number of nitrogens with zero attached hydrogens (tertiary/aromatic N) is 2. The van der Waals surface area contributed by atoms with Crippen LogP contribution in [0.15, 0.2) is 36.7 Å². The fourth-order valence-electron chi connectivity index (χ4n) is 1.70. The van der Waals surface area contributed by atoms with Crippen LogP contribution in [0.4, 0.5) is 19.3 Å². The first-order valence-electron chi connectivity index (χ1n) is 6.11. The predicted molar refractivity (Wildman–Crippen MR) is 72.1 cm³/mol. The summed E-state index contributed by atoms with van der Waals surface area (Å²) in [6.07, 6.45) is 3.13. The van der Waals surface area contributed by atoms with Gasteiger partial charge in [0.2, 0.25) is 0 Å². The van der Waals surface area contributed by atoms with Crippen LogP contribution in [-0.2, 0) is 13.6 Å². The van der Waals surface area contributed by atoms with Gasteiger partial charge in [0.1, 0.15) is 5.75 Å². The normalized spacial score (nSPS) is 10.5. The van der Waals surface area contributed by atoms with Crippen LogP contribution in [0, 0.1) is 0 Å². The van der Waals surface area contributed by atoms with E-state index in [1.54, 1.807) is 36.1 Å². The van der Waals surface area contributed by atoms with Crippen LogP contribution in [0.5, 0.6) is 5.75 Å². The largest absolute Gasteiger partial charge is 0.434 e. The van der Waals surface area contributed by atoms with Gasteiger partial charge in [0.05, 0.1) is 11.9 Å². The van der Waals surface area contributed by atoms with Gasteiger partial charge in [0.15, 0.2) is 0 Å². The minimum absolute atomic E-state index is 0.0363. The SMILES string of the molecule is Cn1cc(NC(=O)NCc2ccccc2OC(F)F)cn1. The summed E-state index contributed by atoms with van der Waals surface area (Å²) in [5.74, 6) is 0.0363. The van der Waals surface area contributed by atoms with Crippen LogP contribution < -0.4 is 15.4 Å². The zero-order valence-corrected chi connectivity index (χ0v) is 11.2. The molecule has 0 aliphatic heterocycles. The van der Waals surface area contributed by atoms with Gasteiger partial charge in [0, 0.05) is 25.4 Å². The van der Waals surface area contributed by atoms with Gasteiger partial charge in [-0.2, -0.15) is 13.9 Å². The van der Waals surface area contributed by atoms with Crippen LogP contribution in [0.2, 0.25) is 0 Å². The molecule has 6 nitrogen and oxygen atoms in total. The number of hydrogen-bond donors (Lipinski definition) is 2. The summed E-state index contributed by atoms with van der Waals surface area (Å²) in [4.78, 5) is 11.7. The zero-order valence-electron chi connectivity index (χ0n) is 11.2. The predicted octanol–water partition coefficient (Wildman–Crippen LogP) is 2.34. The fraction of sp³-hybridized carbons (Fsp3) is 0.231. The highest BCUT2D eigenvalue weighted by Crippen LogP contribution is 2.19. The van der Waals surface area contributed by atoms with Gasteiger partial charge in [-0.1, -0.05) is 18.2 Å². The number of aryl methyl sites for hydroxylation is 1. The third-order valence-corrected chi connectivity index (χ3v) is 2.59. The van der Waals surface area contributed by atoms with E-state index in [-0.39, 0.29) is 12.3 Å². The van der Waals surface area contributed by atoms with E-state index in [0.29, 0.717) is 11.3 Å². The van der Waals surface area contributed by atoms with Gasteiger partial charge in [0.25, 0.3) is 0 Å². The molecule has 2 rings (SSSR count). The Kier molecular flexibility index (Phi) is 4.70. The number of urea groups is 1. The summed E-state index contributed by atoms with van der Waals surface area (Å²) in [6.45, 7) is -2.84. The molecule has 2 aromatic rings. The molecular weight excluding hydrogens is 282 g/mol. The summed E-state index contributed by atoms with van der Waals surface area (Å²) >= 11 is 0. The van der Waals surface area contributed by atoms with Crippen molar-refractivity contribution >= 4 is 11.7 Å². The summed E-state index contributed by atoms with van der Waals surface area (Å²) in [6, 6.07) is 5.81. The first-order chi connectivity index (χ1) is 10.0. The number of benzene rings is 1. The molecule has 0 radical (unpaired) electrons. The Balaban J connectivity index is 1.92. The number of halogens is 2. The van der Waals surface area contributed by atoms with E-state index in [1.165, 1.54) is 12.3 Å². The lowest BCUT2D eigenvalue weighted by Gasteiger charge is -2.11. The highest BCUT2D eigenvalue weighted by molar-refractivity contribution is 5.88. The highest BCUT2D eigenvalue weighted by atomic mass is 19.3. The molecule has 0 bridgehead atoms. The Bertz CT molecular complexity index is 616. The van der Waals surface area contributed by atoms with Crippen molar-refractivity contribution in [1.29, 1.82) is 0 Å². The topological polar surface area (TPSA) is 68.2 Å². The molecule has 0 atom stereocenters. The molecule has 0 saturated carbocycles. The number of carbonyl (C=O) groups excluding carboxylic acids is 1. The number of alkyl halides is 2. The smallest absolute Gasteiger partial charge is 0.387 e. The monoisotopic (exact) mass is 296 g/mol. The third kappa shape index (κ3) is 4.44. The van der Waals surface area contributed by atoms with E-state index in [0.717, 1.165) is 0 Å².